The molecule has 1 amide bonds. The Balaban J connectivity index is 1.53. The van der Waals surface area contributed by atoms with Gasteiger partial charge >= 0.3 is 0 Å². The van der Waals surface area contributed by atoms with Crippen molar-refractivity contribution in [1.82, 2.24) is 5.32 Å². The molecule has 1 N–H and O–H groups in total. The number of ether oxygens (including phenoxy) is 3. The maximum absolute atomic E-state index is 12.4. The molecule has 0 radical (unpaired) electrons. The van der Waals surface area contributed by atoms with E-state index in [0.29, 0.717) is 23.7 Å². The Morgan fingerprint density at radius 1 is 1.16 bits per heavy atom. The summed E-state index contributed by atoms with van der Waals surface area (Å²) in [6.07, 6.45) is 2.67. The SMILES string of the molecule is CC(C)Oc1cccc(CCCNC(=O)CN(c2ccc3c(c2)OCO3)S(C)(=O)=O)c1. The number of rotatable bonds is 10. The minimum atomic E-state index is -3.66. The summed E-state index contributed by atoms with van der Waals surface area (Å²) in [6.45, 7) is 4.17. The molecule has 9 heteroatoms. The number of nitrogens with zero attached hydrogens (tertiary/aromatic N) is 1. The molecule has 0 saturated carbocycles. The van der Waals surface area contributed by atoms with Gasteiger partial charge in [-0.25, -0.2) is 8.42 Å². The van der Waals surface area contributed by atoms with Gasteiger partial charge in [0.2, 0.25) is 22.7 Å². The second kappa shape index (κ2) is 9.91. The van der Waals surface area contributed by atoms with Crippen molar-refractivity contribution in [3.05, 3.63) is 48.0 Å². The second-order valence-corrected chi connectivity index (χ2v) is 9.48. The van der Waals surface area contributed by atoms with Crippen LogP contribution in [0.3, 0.4) is 0 Å². The van der Waals surface area contributed by atoms with Crippen molar-refractivity contribution in [3.8, 4) is 17.2 Å². The fraction of sp³-hybridized carbons (Fsp3) is 0.409. The highest BCUT2D eigenvalue weighted by atomic mass is 32.2. The molecule has 0 bridgehead atoms. The van der Waals surface area contributed by atoms with Crippen LogP contribution >= 0.6 is 0 Å². The van der Waals surface area contributed by atoms with Crippen molar-refractivity contribution in [1.29, 1.82) is 0 Å². The molecule has 0 saturated heterocycles. The van der Waals surface area contributed by atoms with Gasteiger partial charge in [0.15, 0.2) is 11.5 Å². The first kappa shape index (κ1) is 22.7. The Labute approximate surface area is 183 Å². The monoisotopic (exact) mass is 448 g/mol. The van der Waals surface area contributed by atoms with Crippen LogP contribution in [0.1, 0.15) is 25.8 Å². The number of fused-ring (bicyclic) bond motifs is 1. The van der Waals surface area contributed by atoms with Crippen molar-refractivity contribution in [3.63, 3.8) is 0 Å². The van der Waals surface area contributed by atoms with Crippen LogP contribution in [0.25, 0.3) is 0 Å². The summed E-state index contributed by atoms with van der Waals surface area (Å²) < 4.78 is 41.8. The van der Waals surface area contributed by atoms with Crippen LogP contribution in [0.5, 0.6) is 17.2 Å². The molecule has 31 heavy (non-hydrogen) atoms. The number of sulfonamides is 1. The predicted octanol–water partition coefficient (Wildman–Crippen LogP) is 2.72. The molecule has 1 aliphatic heterocycles. The van der Waals surface area contributed by atoms with Crippen molar-refractivity contribution >= 4 is 21.6 Å². The minimum Gasteiger partial charge on any atom is -0.491 e. The lowest BCUT2D eigenvalue weighted by molar-refractivity contribution is -0.119. The molecule has 0 aliphatic carbocycles. The molecule has 2 aromatic rings. The number of benzene rings is 2. The van der Waals surface area contributed by atoms with Gasteiger partial charge in [-0.2, -0.15) is 0 Å². The molecule has 1 aliphatic rings. The van der Waals surface area contributed by atoms with Crippen LogP contribution in [0.15, 0.2) is 42.5 Å². The zero-order valence-electron chi connectivity index (χ0n) is 18.0. The second-order valence-electron chi connectivity index (χ2n) is 7.57. The molecule has 0 aromatic heterocycles. The summed E-state index contributed by atoms with van der Waals surface area (Å²) >= 11 is 0. The highest BCUT2D eigenvalue weighted by Crippen LogP contribution is 2.36. The van der Waals surface area contributed by atoms with Crippen molar-refractivity contribution in [2.45, 2.75) is 32.8 Å². The maximum Gasteiger partial charge on any atom is 0.240 e. The van der Waals surface area contributed by atoms with Gasteiger partial charge in [-0.15, -0.1) is 0 Å². The van der Waals surface area contributed by atoms with Crippen molar-refractivity contribution < 1.29 is 27.4 Å². The first-order valence-electron chi connectivity index (χ1n) is 10.1. The van der Waals surface area contributed by atoms with E-state index in [0.717, 1.165) is 34.7 Å². The highest BCUT2D eigenvalue weighted by Gasteiger charge is 2.23. The molecule has 8 nitrogen and oxygen atoms in total. The smallest absolute Gasteiger partial charge is 0.240 e. The average Bonchev–Trinajstić information content (AvgIpc) is 3.16. The molecule has 0 atom stereocenters. The number of anilines is 1. The van der Waals surface area contributed by atoms with Crippen molar-refractivity contribution in [2.75, 3.05) is 30.4 Å². The zero-order chi connectivity index (χ0) is 22.4. The van der Waals surface area contributed by atoms with Crippen LogP contribution in [0, 0.1) is 0 Å². The molecule has 0 fully saturated rings. The van der Waals surface area contributed by atoms with Gasteiger partial charge in [-0.05, 0) is 56.5 Å². The predicted molar refractivity (Wildman–Crippen MR) is 118 cm³/mol. The number of hydrogen-bond donors (Lipinski definition) is 1. The highest BCUT2D eigenvalue weighted by molar-refractivity contribution is 7.92. The number of aryl methyl sites for hydroxylation is 1. The van der Waals surface area contributed by atoms with Crippen LogP contribution in [0.4, 0.5) is 5.69 Å². The number of hydrogen-bond acceptors (Lipinski definition) is 6. The van der Waals surface area contributed by atoms with Gasteiger partial charge in [0, 0.05) is 12.6 Å². The minimum absolute atomic E-state index is 0.0879. The third-order valence-corrected chi connectivity index (χ3v) is 5.71. The van der Waals surface area contributed by atoms with E-state index in [1.54, 1.807) is 18.2 Å². The van der Waals surface area contributed by atoms with Crippen molar-refractivity contribution in [2.24, 2.45) is 0 Å². The fourth-order valence-electron chi connectivity index (χ4n) is 3.19. The van der Waals surface area contributed by atoms with Gasteiger partial charge in [-0.1, -0.05) is 12.1 Å². The Morgan fingerprint density at radius 2 is 1.94 bits per heavy atom. The number of nitrogens with one attached hydrogen (secondary N) is 1. The van der Waals surface area contributed by atoms with Gasteiger partial charge in [0.1, 0.15) is 12.3 Å². The first-order chi connectivity index (χ1) is 14.7. The largest absolute Gasteiger partial charge is 0.491 e. The van der Waals surface area contributed by atoms with E-state index in [1.807, 2.05) is 38.1 Å². The number of amides is 1. The maximum atomic E-state index is 12.4. The Bertz CT molecular complexity index is 1020. The fourth-order valence-corrected chi connectivity index (χ4v) is 4.04. The Hall–Kier alpha value is -2.94. The quantitative estimate of drug-likeness (QED) is 0.562. The van der Waals surface area contributed by atoms with E-state index in [9.17, 15) is 13.2 Å². The third kappa shape index (κ3) is 6.52. The summed E-state index contributed by atoms with van der Waals surface area (Å²) in [6, 6.07) is 12.6. The standard InChI is InChI=1S/C22H28N2O6S/c1-16(2)30-19-8-4-6-17(12-19)7-5-11-23-22(25)14-24(31(3,26)27)18-9-10-20-21(13-18)29-15-28-20/h4,6,8-10,12-13,16H,5,7,11,14-15H2,1-3H3,(H,23,25). The number of carbonyl (C=O) groups is 1. The molecule has 168 valence electrons. The Morgan fingerprint density at radius 3 is 2.68 bits per heavy atom. The van der Waals surface area contributed by atoms with Gasteiger partial charge in [0.25, 0.3) is 0 Å². The van der Waals surface area contributed by atoms with Crippen LogP contribution in [-0.2, 0) is 21.2 Å². The summed E-state index contributed by atoms with van der Waals surface area (Å²) in [5.74, 6) is 1.45. The van der Waals surface area contributed by atoms with E-state index in [-0.39, 0.29) is 25.3 Å². The zero-order valence-corrected chi connectivity index (χ0v) is 18.8. The molecule has 2 aromatic carbocycles. The summed E-state index contributed by atoms with van der Waals surface area (Å²) in [5.41, 5.74) is 1.47. The van der Waals surface area contributed by atoms with Crippen LogP contribution < -0.4 is 23.8 Å². The van der Waals surface area contributed by atoms with E-state index in [1.165, 1.54) is 0 Å². The summed E-state index contributed by atoms with van der Waals surface area (Å²) in [4.78, 5) is 12.4. The summed E-state index contributed by atoms with van der Waals surface area (Å²) in [5, 5.41) is 2.79. The van der Waals surface area contributed by atoms with Crippen LogP contribution in [0.2, 0.25) is 0 Å². The first-order valence-corrected chi connectivity index (χ1v) is 12.0. The lowest BCUT2D eigenvalue weighted by atomic mass is 10.1. The lowest BCUT2D eigenvalue weighted by Crippen LogP contribution is -2.40. The molecular weight excluding hydrogens is 420 g/mol. The van der Waals surface area contributed by atoms with Crippen LogP contribution in [-0.4, -0.2) is 46.6 Å². The molecule has 3 rings (SSSR count). The lowest BCUT2D eigenvalue weighted by Gasteiger charge is -2.22. The molecular formula is C22H28N2O6S. The Kier molecular flexibility index (Phi) is 7.27. The van der Waals surface area contributed by atoms with E-state index >= 15 is 0 Å². The van der Waals surface area contributed by atoms with E-state index in [2.05, 4.69) is 5.32 Å². The van der Waals surface area contributed by atoms with E-state index in [4.69, 9.17) is 14.2 Å². The molecule has 0 unspecified atom stereocenters. The normalized spacial score (nSPS) is 12.6. The summed E-state index contributed by atoms with van der Waals surface area (Å²) in [7, 11) is -3.66. The van der Waals surface area contributed by atoms with Gasteiger partial charge in [-0.3, -0.25) is 9.10 Å². The molecule has 0 spiro atoms. The van der Waals surface area contributed by atoms with E-state index < -0.39 is 10.0 Å². The third-order valence-electron chi connectivity index (χ3n) is 4.57. The van der Waals surface area contributed by atoms with Gasteiger partial charge in [0.05, 0.1) is 18.0 Å². The number of carbonyl (C=O) groups excluding carboxylic acids is 1. The topological polar surface area (TPSA) is 94.2 Å². The molecule has 1 heterocycles. The van der Waals surface area contributed by atoms with Gasteiger partial charge < -0.3 is 19.5 Å². The average molecular weight is 449 g/mol.